The van der Waals surface area contributed by atoms with E-state index >= 15 is 0 Å². The highest BCUT2D eigenvalue weighted by atomic mass is 16.5. The van der Waals surface area contributed by atoms with Gasteiger partial charge in [0, 0.05) is 19.0 Å². The molecule has 1 aromatic rings. The van der Waals surface area contributed by atoms with Crippen molar-refractivity contribution in [2.45, 2.75) is 57.4 Å². The van der Waals surface area contributed by atoms with Crippen molar-refractivity contribution in [3.63, 3.8) is 0 Å². The fourth-order valence-electron chi connectivity index (χ4n) is 4.25. The number of primary amides is 1. The lowest BCUT2D eigenvalue weighted by atomic mass is 9.80. The van der Waals surface area contributed by atoms with Gasteiger partial charge in [-0.2, -0.15) is 0 Å². The van der Waals surface area contributed by atoms with Gasteiger partial charge in [-0.1, -0.05) is 6.07 Å². The number of hydrogen-bond donors (Lipinski definition) is 1. The Morgan fingerprint density at radius 3 is 2.80 bits per heavy atom. The summed E-state index contributed by atoms with van der Waals surface area (Å²) in [6.07, 6.45) is 5.31. The molecule has 136 valence electrons. The molecule has 2 amide bonds. The standard InChI is InChI=1S/C20H28N2O3/c1-13-6-7-16(20(21)24)12-22(13)19(23)11-15-5-3-4-14-10-17(25-2)8-9-18(14)15/h8-10,13,15-16H,3-7,11-12H2,1-2H3,(H2,21,24)/t13-,15-,16-/m1/s1. The molecule has 0 aromatic heterocycles. The molecule has 1 heterocycles. The molecule has 25 heavy (non-hydrogen) atoms. The summed E-state index contributed by atoms with van der Waals surface area (Å²) in [6.45, 7) is 2.53. The van der Waals surface area contributed by atoms with E-state index in [1.54, 1.807) is 7.11 Å². The number of ether oxygens (including phenoxy) is 1. The molecule has 5 nitrogen and oxygen atoms in total. The Hall–Kier alpha value is -2.04. The van der Waals surface area contributed by atoms with E-state index in [4.69, 9.17) is 10.5 Å². The summed E-state index contributed by atoms with van der Waals surface area (Å²) in [5.41, 5.74) is 8.03. The number of likely N-dealkylation sites (tertiary alicyclic amines) is 1. The summed E-state index contributed by atoms with van der Waals surface area (Å²) in [4.78, 5) is 26.3. The largest absolute Gasteiger partial charge is 0.497 e. The topological polar surface area (TPSA) is 72.6 Å². The van der Waals surface area contributed by atoms with Crippen LogP contribution in [0.25, 0.3) is 0 Å². The van der Waals surface area contributed by atoms with Crippen LogP contribution < -0.4 is 10.5 Å². The maximum atomic E-state index is 12.9. The van der Waals surface area contributed by atoms with Crippen molar-refractivity contribution in [3.8, 4) is 5.75 Å². The number of benzene rings is 1. The highest BCUT2D eigenvalue weighted by Gasteiger charge is 2.33. The SMILES string of the molecule is COc1ccc2c(c1)CCC[C@@H]2CC(=O)N1C[C@H](C(N)=O)CC[C@H]1C. The number of nitrogens with two attached hydrogens (primary N) is 1. The normalized spacial score (nSPS) is 26.0. The maximum absolute atomic E-state index is 12.9. The van der Waals surface area contributed by atoms with Crippen LogP contribution in [0.4, 0.5) is 0 Å². The molecule has 2 aliphatic rings. The third kappa shape index (κ3) is 3.80. The number of carbonyl (C=O) groups is 2. The van der Waals surface area contributed by atoms with Gasteiger partial charge in [-0.05, 0) is 68.2 Å². The van der Waals surface area contributed by atoms with Crippen LogP contribution in [0.2, 0.25) is 0 Å². The van der Waals surface area contributed by atoms with Crippen molar-refractivity contribution < 1.29 is 14.3 Å². The summed E-state index contributed by atoms with van der Waals surface area (Å²) >= 11 is 0. The van der Waals surface area contributed by atoms with Crippen molar-refractivity contribution in [1.82, 2.24) is 4.90 Å². The van der Waals surface area contributed by atoms with E-state index < -0.39 is 0 Å². The number of piperidine rings is 1. The second kappa shape index (κ2) is 7.46. The zero-order chi connectivity index (χ0) is 18.0. The van der Waals surface area contributed by atoms with Crippen LogP contribution in [0.15, 0.2) is 18.2 Å². The molecule has 3 atom stereocenters. The van der Waals surface area contributed by atoms with Crippen LogP contribution in [-0.2, 0) is 16.0 Å². The van der Waals surface area contributed by atoms with E-state index in [-0.39, 0.29) is 29.7 Å². The number of nitrogens with zero attached hydrogens (tertiary/aromatic N) is 1. The van der Waals surface area contributed by atoms with Crippen molar-refractivity contribution in [3.05, 3.63) is 29.3 Å². The summed E-state index contributed by atoms with van der Waals surface area (Å²) < 4.78 is 5.32. The van der Waals surface area contributed by atoms with Gasteiger partial charge in [0.2, 0.25) is 11.8 Å². The average molecular weight is 344 g/mol. The lowest BCUT2D eigenvalue weighted by Gasteiger charge is -2.38. The maximum Gasteiger partial charge on any atom is 0.223 e. The van der Waals surface area contributed by atoms with Gasteiger partial charge in [-0.25, -0.2) is 0 Å². The number of methoxy groups -OCH3 is 1. The molecule has 2 N–H and O–H groups in total. The first-order valence-electron chi connectivity index (χ1n) is 9.25. The van der Waals surface area contributed by atoms with Gasteiger partial charge >= 0.3 is 0 Å². The van der Waals surface area contributed by atoms with Gasteiger partial charge in [0.15, 0.2) is 0 Å². The van der Waals surface area contributed by atoms with Crippen LogP contribution in [0, 0.1) is 5.92 Å². The molecular weight excluding hydrogens is 316 g/mol. The number of hydrogen-bond acceptors (Lipinski definition) is 3. The molecule has 1 aromatic carbocycles. The number of rotatable bonds is 4. The highest BCUT2D eigenvalue weighted by Crippen LogP contribution is 2.36. The van der Waals surface area contributed by atoms with Crippen molar-refractivity contribution in [2.24, 2.45) is 11.7 Å². The lowest BCUT2D eigenvalue weighted by Crippen LogP contribution is -2.48. The molecule has 0 spiro atoms. The Morgan fingerprint density at radius 2 is 2.08 bits per heavy atom. The van der Waals surface area contributed by atoms with Gasteiger partial charge in [-0.15, -0.1) is 0 Å². The van der Waals surface area contributed by atoms with Gasteiger partial charge < -0.3 is 15.4 Å². The van der Waals surface area contributed by atoms with Crippen LogP contribution in [0.1, 0.15) is 56.1 Å². The lowest BCUT2D eigenvalue weighted by molar-refractivity contribution is -0.138. The van der Waals surface area contributed by atoms with Gasteiger partial charge in [0.1, 0.15) is 5.75 Å². The minimum atomic E-state index is -0.292. The number of carbonyl (C=O) groups excluding carboxylic acids is 2. The molecule has 1 fully saturated rings. The van der Waals surface area contributed by atoms with Gasteiger partial charge in [0.25, 0.3) is 0 Å². The molecule has 3 rings (SSSR count). The molecule has 0 radical (unpaired) electrons. The Morgan fingerprint density at radius 1 is 1.28 bits per heavy atom. The van der Waals surface area contributed by atoms with E-state index in [1.807, 2.05) is 11.0 Å². The second-order valence-electron chi connectivity index (χ2n) is 7.43. The first-order chi connectivity index (χ1) is 12.0. The van der Waals surface area contributed by atoms with E-state index in [2.05, 4.69) is 19.1 Å². The summed E-state index contributed by atoms with van der Waals surface area (Å²) in [6, 6.07) is 6.37. The van der Waals surface area contributed by atoms with Crippen LogP contribution in [0.3, 0.4) is 0 Å². The monoisotopic (exact) mass is 344 g/mol. The fourth-order valence-corrected chi connectivity index (χ4v) is 4.25. The molecule has 0 unspecified atom stereocenters. The predicted molar refractivity (Wildman–Crippen MR) is 96.4 cm³/mol. The Labute approximate surface area is 149 Å². The molecule has 5 heteroatoms. The average Bonchev–Trinajstić information content (AvgIpc) is 2.61. The summed E-state index contributed by atoms with van der Waals surface area (Å²) in [5, 5.41) is 0. The van der Waals surface area contributed by atoms with Crippen molar-refractivity contribution in [1.29, 1.82) is 0 Å². The zero-order valence-corrected chi connectivity index (χ0v) is 15.2. The van der Waals surface area contributed by atoms with E-state index in [0.29, 0.717) is 13.0 Å². The molecule has 1 saturated heterocycles. The van der Waals surface area contributed by atoms with Crippen LogP contribution in [-0.4, -0.2) is 36.4 Å². The minimum absolute atomic E-state index is 0.145. The third-order valence-corrected chi connectivity index (χ3v) is 5.81. The van der Waals surface area contributed by atoms with Gasteiger partial charge in [0.05, 0.1) is 13.0 Å². The third-order valence-electron chi connectivity index (χ3n) is 5.81. The zero-order valence-electron chi connectivity index (χ0n) is 15.2. The quantitative estimate of drug-likeness (QED) is 0.912. The smallest absolute Gasteiger partial charge is 0.223 e. The van der Waals surface area contributed by atoms with E-state index in [9.17, 15) is 9.59 Å². The van der Waals surface area contributed by atoms with Crippen molar-refractivity contribution >= 4 is 11.8 Å². The second-order valence-corrected chi connectivity index (χ2v) is 7.43. The summed E-state index contributed by atoms with van der Waals surface area (Å²) in [5.74, 6) is 0.776. The fraction of sp³-hybridized carbons (Fsp3) is 0.600. The number of aryl methyl sites for hydroxylation is 1. The van der Waals surface area contributed by atoms with E-state index in [0.717, 1.165) is 37.9 Å². The minimum Gasteiger partial charge on any atom is -0.497 e. The Balaban J connectivity index is 1.72. The van der Waals surface area contributed by atoms with Gasteiger partial charge in [-0.3, -0.25) is 9.59 Å². The van der Waals surface area contributed by atoms with Crippen LogP contribution in [0.5, 0.6) is 5.75 Å². The first kappa shape index (κ1) is 17.8. The summed E-state index contributed by atoms with van der Waals surface area (Å²) in [7, 11) is 1.68. The highest BCUT2D eigenvalue weighted by molar-refractivity contribution is 5.81. The van der Waals surface area contributed by atoms with Crippen molar-refractivity contribution in [2.75, 3.05) is 13.7 Å². The first-order valence-corrected chi connectivity index (χ1v) is 9.25. The molecule has 0 bridgehead atoms. The number of fused-ring (bicyclic) bond motifs is 1. The number of amides is 2. The molecule has 1 aliphatic heterocycles. The Bertz CT molecular complexity index is 658. The molecule has 0 saturated carbocycles. The van der Waals surface area contributed by atoms with E-state index in [1.165, 1.54) is 11.1 Å². The molecule has 1 aliphatic carbocycles. The van der Waals surface area contributed by atoms with Crippen LogP contribution >= 0.6 is 0 Å². The Kier molecular flexibility index (Phi) is 5.30. The molecular formula is C20H28N2O3. The predicted octanol–water partition coefficient (Wildman–Crippen LogP) is 2.62.